The molecule has 32 heavy (non-hydrogen) atoms. The maximum atomic E-state index is 13.4. The number of imide groups is 1. The molecular weight excluding hydrogens is 408 g/mol. The third kappa shape index (κ3) is 4.43. The molecule has 2 aromatic rings. The predicted molar refractivity (Wildman–Crippen MR) is 118 cm³/mol. The minimum Gasteiger partial charge on any atom is -0.462 e. The Balaban J connectivity index is 1.58. The lowest BCUT2D eigenvalue weighted by molar-refractivity contribution is -0.138. The van der Waals surface area contributed by atoms with Crippen LogP contribution in [0, 0.1) is 0 Å². The van der Waals surface area contributed by atoms with E-state index in [9.17, 15) is 14.4 Å². The van der Waals surface area contributed by atoms with E-state index in [0.29, 0.717) is 49.7 Å². The van der Waals surface area contributed by atoms with E-state index in [1.807, 2.05) is 42.2 Å². The number of amides is 2. The molecule has 2 aliphatic rings. The Kier molecular flexibility index (Phi) is 6.66. The minimum absolute atomic E-state index is 0.131. The molecule has 0 N–H and O–H groups in total. The maximum Gasteiger partial charge on any atom is 0.338 e. The summed E-state index contributed by atoms with van der Waals surface area (Å²) in [6.45, 7) is 4.59. The van der Waals surface area contributed by atoms with Crippen molar-refractivity contribution in [1.29, 1.82) is 0 Å². The summed E-state index contributed by atoms with van der Waals surface area (Å²) in [7, 11) is 0. The van der Waals surface area contributed by atoms with Crippen molar-refractivity contribution < 1.29 is 23.9 Å². The largest absolute Gasteiger partial charge is 0.462 e. The Morgan fingerprint density at radius 1 is 0.969 bits per heavy atom. The number of carbonyl (C=O) groups excluding carboxylic acids is 3. The molecule has 0 spiro atoms. The van der Waals surface area contributed by atoms with Crippen molar-refractivity contribution in [3.05, 3.63) is 77.0 Å². The van der Waals surface area contributed by atoms with Gasteiger partial charge < -0.3 is 14.4 Å². The van der Waals surface area contributed by atoms with E-state index < -0.39 is 0 Å². The van der Waals surface area contributed by atoms with E-state index in [1.54, 1.807) is 24.3 Å². The molecule has 1 saturated heterocycles. The average Bonchev–Trinajstić information content (AvgIpc) is 3.09. The highest BCUT2D eigenvalue weighted by molar-refractivity contribution is 6.35. The summed E-state index contributed by atoms with van der Waals surface area (Å²) in [5.74, 6) is -0.995. The van der Waals surface area contributed by atoms with Crippen LogP contribution in [-0.2, 0) is 25.6 Å². The van der Waals surface area contributed by atoms with Crippen molar-refractivity contribution in [2.45, 2.75) is 19.9 Å². The number of morpholine rings is 1. The number of esters is 1. The molecule has 0 bridgehead atoms. The Labute approximate surface area is 187 Å². The van der Waals surface area contributed by atoms with Crippen LogP contribution in [0.1, 0.15) is 34.8 Å². The topological polar surface area (TPSA) is 76.2 Å². The van der Waals surface area contributed by atoms with Crippen LogP contribution in [0.4, 0.5) is 0 Å². The highest BCUT2D eigenvalue weighted by atomic mass is 16.5. The van der Waals surface area contributed by atoms with Crippen LogP contribution in [0.25, 0.3) is 5.57 Å². The lowest BCUT2D eigenvalue weighted by atomic mass is 10.0. The first-order chi connectivity index (χ1) is 15.6. The van der Waals surface area contributed by atoms with Crippen molar-refractivity contribution >= 4 is 23.4 Å². The number of carbonyl (C=O) groups is 3. The predicted octanol–water partition coefficient (Wildman–Crippen LogP) is 2.87. The van der Waals surface area contributed by atoms with Crippen LogP contribution in [0.5, 0.6) is 0 Å². The number of rotatable bonds is 7. The molecular formula is C25H26N2O5. The molecule has 7 nitrogen and oxygen atoms in total. The fraction of sp³-hybridized carbons (Fsp3) is 0.320. The van der Waals surface area contributed by atoms with Gasteiger partial charge in [0, 0.05) is 13.1 Å². The fourth-order valence-corrected chi connectivity index (χ4v) is 3.86. The third-order valence-electron chi connectivity index (χ3n) is 5.50. The summed E-state index contributed by atoms with van der Waals surface area (Å²) in [5, 5.41) is 0. The zero-order valence-corrected chi connectivity index (χ0v) is 18.1. The Bertz CT molecular complexity index is 1020. The van der Waals surface area contributed by atoms with Gasteiger partial charge in [-0.1, -0.05) is 49.4 Å². The van der Waals surface area contributed by atoms with Gasteiger partial charge in [-0.15, -0.1) is 0 Å². The van der Waals surface area contributed by atoms with Crippen molar-refractivity contribution in [3.8, 4) is 0 Å². The summed E-state index contributed by atoms with van der Waals surface area (Å²) in [5.41, 5.74) is 2.79. The highest BCUT2D eigenvalue weighted by Gasteiger charge is 2.41. The van der Waals surface area contributed by atoms with Gasteiger partial charge in [0.2, 0.25) is 0 Å². The maximum absolute atomic E-state index is 13.4. The molecule has 4 rings (SSSR count). The second kappa shape index (κ2) is 9.78. The van der Waals surface area contributed by atoms with E-state index in [2.05, 4.69) is 0 Å². The van der Waals surface area contributed by atoms with E-state index in [4.69, 9.17) is 9.47 Å². The summed E-state index contributed by atoms with van der Waals surface area (Å²) < 4.78 is 10.6. The van der Waals surface area contributed by atoms with Gasteiger partial charge >= 0.3 is 5.97 Å². The van der Waals surface area contributed by atoms with Gasteiger partial charge in [-0.3, -0.25) is 14.5 Å². The number of ether oxygens (including phenoxy) is 2. The standard InChI is InChI=1S/C25H26N2O5/c1-2-14-32-25(30)20-10-8-18(9-11-20)17-27-23(28)21(19-6-4-3-5-7-19)22(24(27)29)26-12-15-31-16-13-26/h3-11H,2,12-17H2,1H3. The Morgan fingerprint density at radius 3 is 2.31 bits per heavy atom. The Morgan fingerprint density at radius 2 is 1.66 bits per heavy atom. The van der Waals surface area contributed by atoms with E-state index >= 15 is 0 Å². The molecule has 2 aromatic carbocycles. The molecule has 2 heterocycles. The van der Waals surface area contributed by atoms with E-state index in [1.165, 1.54) is 4.90 Å². The normalized spacial score (nSPS) is 16.7. The van der Waals surface area contributed by atoms with Gasteiger partial charge in [-0.05, 0) is 29.7 Å². The van der Waals surface area contributed by atoms with Crippen LogP contribution >= 0.6 is 0 Å². The summed E-state index contributed by atoms with van der Waals surface area (Å²) in [4.78, 5) is 42.0. The van der Waals surface area contributed by atoms with Gasteiger partial charge in [0.25, 0.3) is 11.8 Å². The van der Waals surface area contributed by atoms with Gasteiger partial charge in [0.1, 0.15) is 5.70 Å². The molecule has 1 fully saturated rings. The van der Waals surface area contributed by atoms with E-state index in [-0.39, 0.29) is 24.3 Å². The summed E-state index contributed by atoms with van der Waals surface area (Å²) >= 11 is 0. The smallest absolute Gasteiger partial charge is 0.338 e. The number of hydrogen-bond donors (Lipinski definition) is 0. The zero-order chi connectivity index (χ0) is 22.5. The average molecular weight is 434 g/mol. The van der Waals surface area contributed by atoms with Crippen molar-refractivity contribution in [2.75, 3.05) is 32.9 Å². The first-order valence-corrected chi connectivity index (χ1v) is 10.8. The molecule has 0 unspecified atom stereocenters. The lowest BCUT2D eigenvalue weighted by Gasteiger charge is -2.29. The fourth-order valence-electron chi connectivity index (χ4n) is 3.86. The van der Waals surface area contributed by atoms with E-state index in [0.717, 1.165) is 17.5 Å². The first kappa shape index (κ1) is 21.8. The second-order valence-corrected chi connectivity index (χ2v) is 7.72. The van der Waals surface area contributed by atoms with Gasteiger partial charge in [0.05, 0.1) is 37.5 Å². The lowest BCUT2D eigenvalue weighted by Crippen LogP contribution is -2.40. The van der Waals surface area contributed by atoms with Crippen LogP contribution < -0.4 is 0 Å². The molecule has 2 aliphatic heterocycles. The number of benzene rings is 2. The van der Waals surface area contributed by atoms with Crippen molar-refractivity contribution in [3.63, 3.8) is 0 Å². The van der Waals surface area contributed by atoms with Gasteiger partial charge in [-0.2, -0.15) is 0 Å². The molecule has 0 atom stereocenters. The summed E-state index contributed by atoms with van der Waals surface area (Å²) in [6, 6.07) is 16.1. The minimum atomic E-state index is -0.380. The third-order valence-corrected chi connectivity index (χ3v) is 5.50. The molecule has 0 saturated carbocycles. The monoisotopic (exact) mass is 434 g/mol. The quantitative estimate of drug-likeness (QED) is 0.493. The van der Waals surface area contributed by atoms with Crippen molar-refractivity contribution in [2.24, 2.45) is 0 Å². The molecule has 166 valence electrons. The molecule has 7 heteroatoms. The molecule has 0 aromatic heterocycles. The molecule has 2 amide bonds. The van der Waals surface area contributed by atoms with Crippen LogP contribution in [-0.4, -0.2) is 60.5 Å². The number of hydrogen-bond acceptors (Lipinski definition) is 6. The zero-order valence-electron chi connectivity index (χ0n) is 18.1. The SMILES string of the molecule is CCCOC(=O)c1ccc(CN2C(=O)C(c3ccccc3)=C(N3CCOCC3)C2=O)cc1. The summed E-state index contributed by atoms with van der Waals surface area (Å²) in [6.07, 6.45) is 0.755. The van der Waals surface area contributed by atoms with Gasteiger partial charge in [0.15, 0.2) is 0 Å². The van der Waals surface area contributed by atoms with Gasteiger partial charge in [-0.25, -0.2) is 4.79 Å². The molecule has 0 aliphatic carbocycles. The van der Waals surface area contributed by atoms with Crippen LogP contribution in [0.15, 0.2) is 60.3 Å². The first-order valence-electron chi connectivity index (χ1n) is 10.8. The van der Waals surface area contributed by atoms with Crippen molar-refractivity contribution in [1.82, 2.24) is 9.80 Å². The second-order valence-electron chi connectivity index (χ2n) is 7.72. The molecule has 0 radical (unpaired) electrons. The number of nitrogens with zero attached hydrogens (tertiary/aromatic N) is 2. The highest BCUT2D eigenvalue weighted by Crippen LogP contribution is 2.33. The Hall–Kier alpha value is -3.45. The van der Waals surface area contributed by atoms with Crippen LogP contribution in [0.3, 0.4) is 0 Å². The van der Waals surface area contributed by atoms with Crippen LogP contribution in [0.2, 0.25) is 0 Å².